The SMILES string of the molecule is CCCCC[Si]1(c2ccccc2)CCC(c2ccc(-c3cc(F)c(F)c(F)c3)c(F)c2)CC1. The lowest BCUT2D eigenvalue weighted by molar-refractivity contribution is 0.447. The Labute approximate surface area is 194 Å². The van der Waals surface area contributed by atoms with E-state index in [1.54, 1.807) is 11.3 Å². The van der Waals surface area contributed by atoms with Gasteiger partial charge in [-0.2, -0.15) is 0 Å². The smallest absolute Gasteiger partial charge is 0.194 e. The zero-order valence-electron chi connectivity index (χ0n) is 19.0. The van der Waals surface area contributed by atoms with Crippen molar-refractivity contribution in [2.75, 3.05) is 0 Å². The zero-order valence-corrected chi connectivity index (χ0v) is 20.0. The quantitative estimate of drug-likeness (QED) is 0.141. The standard InChI is InChI=1S/C28H30F4Si/c1-2-3-7-14-33(23-8-5-4-6-9-23)15-12-20(13-16-33)21-10-11-24(25(29)17-21)22-18-26(30)28(32)27(31)19-22/h4-6,8-11,17-20H,2-3,7,12-16H2,1H3. The summed E-state index contributed by atoms with van der Waals surface area (Å²) >= 11 is 0. The molecule has 5 heteroatoms. The molecule has 0 bridgehead atoms. The third-order valence-corrected chi connectivity index (χ3v) is 12.7. The van der Waals surface area contributed by atoms with Crippen molar-refractivity contribution in [3.63, 3.8) is 0 Å². The van der Waals surface area contributed by atoms with Crippen LogP contribution < -0.4 is 5.19 Å². The van der Waals surface area contributed by atoms with Gasteiger partial charge in [-0.3, -0.25) is 0 Å². The van der Waals surface area contributed by atoms with Gasteiger partial charge < -0.3 is 0 Å². The van der Waals surface area contributed by atoms with Crippen LogP contribution in [0.2, 0.25) is 18.1 Å². The van der Waals surface area contributed by atoms with Crippen LogP contribution in [0, 0.1) is 23.3 Å². The molecular formula is C28H30F4Si. The van der Waals surface area contributed by atoms with E-state index >= 15 is 0 Å². The number of unbranched alkanes of at least 4 members (excludes halogenated alkanes) is 2. The minimum atomic E-state index is -1.58. The Kier molecular flexibility index (Phi) is 7.37. The maximum Gasteiger partial charge on any atom is 0.194 e. The second-order valence-corrected chi connectivity index (χ2v) is 14.0. The van der Waals surface area contributed by atoms with Crippen LogP contribution in [0.4, 0.5) is 17.6 Å². The van der Waals surface area contributed by atoms with Crippen LogP contribution in [0.3, 0.4) is 0 Å². The molecule has 0 spiro atoms. The Hall–Kier alpha value is -2.40. The van der Waals surface area contributed by atoms with Crippen molar-refractivity contribution in [2.24, 2.45) is 0 Å². The van der Waals surface area contributed by atoms with Crippen molar-refractivity contribution in [1.82, 2.24) is 0 Å². The third-order valence-electron chi connectivity index (χ3n) is 7.35. The molecule has 0 radical (unpaired) electrons. The summed E-state index contributed by atoms with van der Waals surface area (Å²) in [5.41, 5.74) is 1.02. The molecule has 1 heterocycles. The summed E-state index contributed by atoms with van der Waals surface area (Å²) in [5, 5.41) is 1.54. The summed E-state index contributed by atoms with van der Waals surface area (Å²) in [7, 11) is -1.58. The fraction of sp³-hybridized carbons (Fsp3) is 0.357. The number of benzene rings is 3. The van der Waals surface area contributed by atoms with Gasteiger partial charge >= 0.3 is 0 Å². The molecule has 1 aliphatic rings. The van der Waals surface area contributed by atoms with Crippen LogP contribution in [0.15, 0.2) is 60.7 Å². The second-order valence-electron chi connectivity index (χ2n) is 9.37. The van der Waals surface area contributed by atoms with E-state index in [0.29, 0.717) is 0 Å². The van der Waals surface area contributed by atoms with Gasteiger partial charge in [0.25, 0.3) is 0 Å². The average molecular weight is 471 g/mol. The molecule has 1 aliphatic heterocycles. The summed E-state index contributed by atoms with van der Waals surface area (Å²) in [4.78, 5) is 0. The molecule has 174 valence electrons. The van der Waals surface area contributed by atoms with E-state index in [2.05, 4.69) is 37.3 Å². The third kappa shape index (κ3) is 5.08. The molecule has 0 saturated carbocycles. The lowest BCUT2D eigenvalue weighted by atomic mass is 9.91. The molecule has 1 fully saturated rings. The first-order chi connectivity index (χ1) is 15.9. The number of rotatable bonds is 7. The summed E-state index contributed by atoms with van der Waals surface area (Å²) < 4.78 is 55.5. The van der Waals surface area contributed by atoms with E-state index < -0.39 is 31.3 Å². The Morgan fingerprint density at radius 3 is 2.06 bits per heavy atom. The number of halogens is 4. The Morgan fingerprint density at radius 1 is 0.788 bits per heavy atom. The van der Waals surface area contributed by atoms with Gasteiger partial charge in [0.05, 0.1) is 8.07 Å². The predicted octanol–water partition coefficient (Wildman–Crippen LogP) is 8.33. The summed E-state index contributed by atoms with van der Waals surface area (Å²) in [6.45, 7) is 2.24. The molecule has 0 nitrogen and oxygen atoms in total. The molecule has 0 aliphatic carbocycles. The largest absolute Gasteiger partial charge is 0.206 e. The van der Waals surface area contributed by atoms with Crippen molar-refractivity contribution in [3.8, 4) is 11.1 Å². The number of hydrogen-bond acceptors (Lipinski definition) is 0. The van der Waals surface area contributed by atoms with Crippen LogP contribution in [-0.2, 0) is 0 Å². The van der Waals surface area contributed by atoms with Crippen molar-refractivity contribution in [2.45, 2.75) is 63.1 Å². The highest BCUT2D eigenvalue weighted by Crippen LogP contribution is 2.41. The first kappa shape index (κ1) is 23.7. The normalized spacial score (nSPS) is 20.7. The Bertz CT molecular complexity index is 1070. The van der Waals surface area contributed by atoms with Gasteiger partial charge in [-0.25, -0.2) is 17.6 Å². The predicted molar refractivity (Wildman–Crippen MR) is 129 cm³/mol. The Morgan fingerprint density at radius 2 is 1.45 bits per heavy atom. The lowest BCUT2D eigenvalue weighted by Crippen LogP contribution is -2.49. The van der Waals surface area contributed by atoms with E-state index in [9.17, 15) is 17.6 Å². The summed E-state index contributed by atoms with van der Waals surface area (Å²) in [6, 6.07) is 21.3. The van der Waals surface area contributed by atoms with E-state index in [1.807, 2.05) is 6.07 Å². The fourth-order valence-electron chi connectivity index (χ4n) is 5.42. The van der Waals surface area contributed by atoms with Crippen LogP contribution in [0.5, 0.6) is 0 Å². The van der Waals surface area contributed by atoms with Crippen LogP contribution >= 0.6 is 0 Å². The highest BCUT2D eigenvalue weighted by Gasteiger charge is 2.38. The van der Waals surface area contributed by atoms with Gasteiger partial charge in [0.15, 0.2) is 17.5 Å². The van der Waals surface area contributed by atoms with Crippen LogP contribution in [0.1, 0.15) is 50.5 Å². The molecule has 0 atom stereocenters. The zero-order chi connectivity index (χ0) is 23.4. The molecule has 3 aromatic rings. The van der Waals surface area contributed by atoms with Crippen LogP contribution in [-0.4, -0.2) is 8.07 Å². The maximum atomic E-state index is 14.9. The topological polar surface area (TPSA) is 0 Å². The highest BCUT2D eigenvalue weighted by molar-refractivity contribution is 6.92. The van der Waals surface area contributed by atoms with Crippen LogP contribution in [0.25, 0.3) is 11.1 Å². The molecule has 3 aromatic carbocycles. The molecule has 4 rings (SSSR count). The maximum absolute atomic E-state index is 14.9. The Balaban J connectivity index is 1.53. The number of hydrogen-bond donors (Lipinski definition) is 0. The minimum Gasteiger partial charge on any atom is -0.206 e. The fourth-order valence-corrected chi connectivity index (χ4v) is 10.7. The van der Waals surface area contributed by atoms with Crippen molar-refractivity contribution < 1.29 is 17.6 Å². The molecule has 0 amide bonds. The van der Waals surface area contributed by atoms with E-state index in [-0.39, 0.29) is 17.0 Å². The second kappa shape index (κ2) is 10.2. The van der Waals surface area contributed by atoms with Gasteiger partial charge in [0.2, 0.25) is 0 Å². The van der Waals surface area contributed by atoms with E-state index in [0.717, 1.165) is 30.5 Å². The molecule has 0 unspecified atom stereocenters. The lowest BCUT2D eigenvalue weighted by Gasteiger charge is -2.39. The van der Waals surface area contributed by atoms with Crippen molar-refractivity contribution >= 4 is 13.3 Å². The van der Waals surface area contributed by atoms with Gasteiger partial charge in [0.1, 0.15) is 5.82 Å². The minimum absolute atomic E-state index is 0.00511. The molecule has 0 N–H and O–H groups in total. The van der Waals surface area contributed by atoms with Gasteiger partial charge in [0, 0.05) is 5.56 Å². The van der Waals surface area contributed by atoms with Crippen molar-refractivity contribution in [1.29, 1.82) is 0 Å². The first-order valence-corrected chi connectivity index (χ1v) is 14.6. The van der Waals surface area contributed by atoms with Crippen molar-refractivity contribution in [3.05, 3.63) is 89.5 Å². The average Bonchev–Trinajstić information content (AvgIpc) is 2.83. The van der Waals surface area contributed by atoms with Gasteiger partial charge in [-0.1, -0.05) is 92.0 Å². The van der Waals surface area contributed by atoms with E-state index in [4.69, 9.17) is 0 Å². The summed E-state index contributed by atoms with van der Waals surface area (Å²) in [5.74, 6) is -4.41. The highest BCUT2D eigenvalue weighted by atomic mass is 28.3. The van der Waals surface area contributed by atoms with Gasteiger partial charge in [-0.15, -0.1) is 0 Å². The molecule has 0 aromatic heterocycles. The monoisotopic (exact) mass is 470 g/mol. The molecule has 1 saturated heterocycles. The summed E-state index contributed by atoms with van der Waals surface area (Å²) in [6.07, 6.45) is 5.83. The molecule has 33 heavy (non-hydrogen) atoms. The van der Waals surface area contributed by atoms with Gasteiger partial charge in [-0.05, 0) is 48.1 Å². The molecular weight excluding hydrogens is 440 g/mol. The first-order valence-electron chi connectivity index (χ1n) is 11.9. The van der Waals surface area contributed by atoms with E-state index in [1.165, 1.54) is 43.5 Å².